The van der Waals surface area contributed by atoms with E-state index >= 15 is 0 Å². The van der Waals surface area contributed by atoms with Crippen molar-refractivity contribution in [2.45, 2.75) is 13.2 Å². The van der Waals surface area contributed by atoms with Crippen molar-refractivity contribution in [3.05, 3.63) is 53.6 Å². The Morgan fingerprint density at radius 1 is 0.952 bits per heavy atom. The number of hydrogen-bond donors (Lipinski definition) is 1. The molecule has 0 amide bonds. The van der Waals surface area contributed by atoms with E-state index in [-0.39, 0.29) is 0 Å². The number of nitrogens with one attached hydrogen (secondary N) is 1. The summed E-state index contributed by atoms with van der Waals surface area (Å²) in [5.74, 6) is 2.47. The Morgan fingerprint density at radius 2 is 1.67 bits per heavy atom. The van der Waals surface area contributed by atoms with Gasteiger partial charge in [0.2, 0.25) is 0 Å². The topological polar surface area (TPSA) is 39.7 Å². The maximum atomic E-state index is 5.80. The summed E-state index contributed by atoms with van der Waals surface area (Å²) in [5, 5.41) is 3.12. The van der Waals surface area contributed by atoms with Crippen LogP contribution in [0.2, 0.25) is 0 Å². The van der Waals surface area contributed by atoms with Gasteiger partial charge in [-0.25, -0.2) is 0 Å². The Bertz CT molecular complexity index is 595. The summed E-state index contributed by atoms with van der Waals surface area (Å²) in [6.45, 7) is 2.59. The SMILES string of the molecule is CNCc1ccc(OCc2ccc3c(c2)OCCO3)cc1. The Morgan fingerprint density at radius 3 is 2.43 bits per heavy atom. The molecule has 0 spiro atoms. The molecule has 1 aliphatic rings. The average Bonchev–Trinajstić information content (AvgIpc) is 2.54. The van der Waals surface area contributed by atoms with E-state index < -0.39 is 0 Å². The Labute approximate surface area is 124 Å². The normalized spacial score (nSPS) is 13.0. The molecular formula is C17H19NO3. The fourth-order valence-corrected chi connectivity index (χ4v) is 2.25. The lowest BCUT2D eigenvalue weighted by atomic mass is 10.2. The average molecular weight is 285 g/mol. The van der Waals surface area contributed by atoms with Gasteiger partial charge in [0.15, 0.2) is 11.5 Å². The number of rotatable bonds is 5. The van der Waals surface area contributed by atoms with Gasteiger partial charge in [0, 0.05) is 6.54 Å². The van der Waals surface area contributed by atoms with Gasteiger partial charge in [0.1, 0.15) is 25.6 Å². The van der Waals surface area contributed by atoms with Crippen molar-refractivity contribution >= 4 is 0 Å². The number of ether oxygens (including phenoxy) is 3. The Kier molecular flexibility index (Phi) is 4.26. The molecule has 2 aromatic rings. The van der Waals surface area contributed by atoms with Gasteiger partial charge in [-0.05, 0) is 42.4 Å². The zero-order valence-electron chi connectivity index (χ0n) is 12.1. The van der Waals surface area contributed by atoms with Gasteiger partial charge in [-0.3, -0.25) is 0 Å². The van der Waals surface area contributed by atoms with Gasteiger partial charge in [0.05, 0.1) is 0 Å². The highest BCUT2D eigenvalue weighted by molar-refractivity contribution is 5.43. The molecule has 0 fully saturated rings. The number of fused-ring (bicyclic) bond motifs is 1. The third-order valence-electron chi connectivity index (χ3n) is 3.32. The lowest BCUT2D eigenvalue weighted by Gasteiger charge is -2.19. The highest BCUT2D eigenvalue weighted by Gasteiger charge is 2.11. The van der Waals surface area contributed by atoms with Crippen molar-refractivity contribution in [2.75, 3.05) is 20.3 Å². The summed E-state index contributed by atoms with van der Waals surface area (Å²) in [6.07, 6.45) is 0. The van der Waals surface area contributed by atoms with Crippen LogP contribution in [0.15, 0.2) is 42.5 Å². The summed E-state index contributed by atoms with van der Waals surface area (Å²) in [6, 6.07) is 14.0. The third-order valence-corrected chi connectivity index (χ3v) is 3.32. The second-order valence-electron chi connectivity index (χ2n) is 4.94. The molecule has 1 heterocycles. The van der Waals surface area contributed by atoms with Crippen LogP contribution in [-0.4, -0.2) is 20.3 Å². The van der Waals surface area contributed by atoms with Gasteiger partial charge < -0.3 is 19.5 Å². The van der Waals surface area contributed by atoms with Crippen molar-refractivity contribution in [3.8, 4) is 17.2 Å². The molecule has 1 aliphatic heterocycles. The molecule has 4 heteroatoms. The van der Waals surface area contributed by atoms with E-state index in [0.717, 1.165) is 29.4 Å². The second kappa shape index (κ2) is 6.50. The highest BCUT2D eigenvalue weighted by atomic mass is 16.6. The van der Waals surface area contributed by atoms with Crippen LogP contribution in [0.5, 0.6) is 17.2 Å². The van der Waals surface area contributed by atoms with E-state index in [4.69, 9.17) is 14.2 Å². The molecule has 3 rings (SSSR count). The van der Waals surface area contributed by atoms with E-state index in [9.17, 15) is 0 Å². The maximum absolute atomic E-state index is 5.80. The zero-order chi connectivity index (χ0) is 14.5. The van der Waals surface area contributed by atoms with Crippen LogP contribution >= 0.6 is 0 Å². The molecule has 2 aromatic carbocycles. The zero-order valence-corrected chi connectivity index (χ0v) is 12.1. The summed E-state index contributed by atoms with van der Waals surface area (Å²) >= 11 is 0. The summed E-state index contributed by atoms with van der Waals surface area (Å²) in [7, 11) is 1.94. The quantitative estimate of drug-likeness (QED) is 0.917. The highest BCUT2D eigenvalue weighted by Crippen LogP contribution is 2.31. The Balaban J connectivity index is 1.61. The van der Waals surface area contributed by atoms with Crippen LogP contribution in [-0.2, 0) is 13.2 Å². The molecule has 0 aliphatic carbocycles. The van der Waals surface area contributed by atoms with E-state index in [1.807, 2.05) is 37.4 Å². The van der Waals surface area contributed by atoms with Gasteiger partial charge in [0.25, 0.3) is 0 Å². The molecule has 0 unspecified atom stereocenters. The summed E-state index contributed by atoms with van der Waals surface area (Å²) in [4.78, 5) is 0. The third kappa shape index (κ3) is 3.47. The van der Waals surface area contributed by atoms with E-state index in [0.29, 0.717) is 19.8 Å². The van der Waals surface area contributed by atoms with Gasteiger partial charge in [-0.2, -0.15) is 0 Å². The summed E-state index contributed by atoms with van der Waals surface area (Å²) in [5.41, 5.74) is 2.31. The molecule has 21 heavy (non-hydrogen) atoms. The van der Waals surface area contributed by atoms with Crippen molar-refractivity contribution in [1.82, 2.24) is 5.32 Å². The lowest BCUT2D eigenvalue weighted by Crippen LogP contribution is -2.15. The van der Waals surface area contributed by atoms with Gasteiger partial charge >= 0.3 is 0 Å². The molecule has 0 saturated carbocycles. The molecule has 110 valence electrons. The van der Waals surface area contributed by atoms with Crippen LogP contribution in [0.25, 0.3) is 0 Å². The van der Waals surface area contributed by atoms with E-state index in [2.05, 4.69) is 17.4 Å². The van der Waals surface area contributed by atoms with Crippen LogP contribution in [0.4, 0.5) is 0 Å². The lowest BCUT2D eigenvalue weighted by molar-refractivity contribution is 0.171. The monoisotopic (exact) mass is 285 g/mol. The van der Waals surface area contributed by atoms with Crippen LogP contribution in [0.1, 0.15) is 11.1 Å². The minimum absolute atomic E-state index is 0.516. The van der Waals surface area contributed by atoms with Crippen molar-refractivity contribution in [1.29, 1.82) is 0 Å². The smallest absolute Gasteiger partial charge is 0.161 e. The minimum atomic E-state index is 0.516. The predicted molar refractivity (Wildman–Crippen MR) is 81.0 cm³/mol. The first-order valence-corrected chi connectivity index (χ1v) is 7.10. The van der Waals surface area contributed by atoms with Crippen molar-refractivity contribution in [3.63, 3.8) is 0 Å². The standard InChI is InChI=1S/C17H19NO3/c1-18-11-13-2-5-15(6-3-13)21-12-14-4-7-16-17(10-14)20-9-8-19-16/h2-7,10,18H,8-9,11-12H2,1H3. The van der Waals surface area contributed by atoms with Crippen molar-refractivity contribution < 1.29 is 14.2 Å². The van der Waals surface area contributed by atoms with Crippen LogP contribution in [0.3, 0.4) is 0 Å². The predicted octanol–water partition coefficient (Wildman–Crippen LogP) is 2.76. The molecule has 0 saturated heterocycles. The first-order chi connectivity index (χ1) is 10.3. The van der Waals surface area contributed by atoms with Crippen LogP contribution < -0.4 is 19.5 Å². The van der Waals surface area contributed by atoms with Crippen molar-refractivity contribution in [2.24, 2.45) is 0 Å². The number of hydrogen-bond acceptors (Lipinski definition) is 4. The fourth-order valence-electron chi connectivity index (χ4n) is 2.25. The molecule has 1 N–H and O–H groups in total. The molecule has 0 radical (unpaired) electrons. The largest absolute Gasteiger partial charge is 0.489 e. The van der Waals surface area contributed by atoms with Crippen LogP contribution in [0, 0.1) is 0 Å². The first kappa shape index (κ1) is 13.8. The Hall–Kier alpha value is -2.20. The second-order valence-corrected chi connectivity index (χ2v) is 4.94. The maximum Gasteiger partial charge on any atom is 0.161 e. The minimum Gasteiger partial charge on any atom is -0.489 e. The molecule has 0 aromatic heterocycles. The molecular weight excluding hydrogens is 266 g/mol. The fraction of sp³-hybridized carbons (Fsp3) is 0.294. The molecule has 4 nitrogen and oxygen atoms in total. The number of benzene rings is 2. The first-order valence-electron chi connectivity index (χ1n) is 7.10. The molecule has 0 bridgehead atoms. The van der Waals surface area contributed by atoms with Gasteiger partial charge in [-0.15, -0.1) is 0 Å². The molecule has 0 atom stereocenters. The summed E-state index contributed by atoms with van der Waals surface area (Å²) < 4.78 is 16.9. The van der Waals surface area contributed by atoms with Gasteiger partial charge in [-0.1, -0.05) is 18.2 Å². The van der Waals surface area contributed by atoms with E-state index in [1.165, 1.54) is 5.56 Å². The van der Waals surface area contributed by atoms with E-state index in [1.54, 1.807) is 0 Å².